The molecule has 1 rings (SSSR count). The van der Waals surface area contributed by atoms with Gasteiger partial charge in [0.25, 0.3) is 0 Å². The molecule has 0 spiro atoms. The summed E-state index contributed by atoms with van der Waals surface area (Å²) < 4.78 is 0. The number of allylic oxidation sites excluding steroid dienone is 1. The van der Waals surface area contributed by atoms with Gasteiger partial charge in [-0.05, 0) is 18.9 Å². The lowest BCUT2D eigenvalue weighted by Crippen LogP contribution is -2.24. The molecule has 0 aromatic rings. The van der Waals surface area contributed by atoms with Crippen LogP contribution in [0.3, 0.4) is 0 Å². The molecule has 0 bridgehead atoms. The van der Waals surface area contributed by atoms with Crippen molar-refractivity contribution in [2.24, 2.45) is 10.9 Å². The Morgan fingerprint density at radius 3 is 2.29 bits per heavy atom. The van der Waals surface area contributed by atoms with E-state index >= 15 is 0 Å². The Bertz CT molecular complexity index is 346. The molecule has 0 fully saturated rings. The first kappa shape index (κ1) is 13.4. The molecule has 1 atom stereocenters. The Hall–Kier alpha value is -1.65. The Kier molecular flexibility index (Phi) is 5.39. The van der Waals surface area contributed by atoms with Crippen molar-refractivity contribution in [2.75, 3.05) is 0 Å². The summed E-state index contributed by atoms with van der Waals surface area (Å²) in [5, 5.41) is 17.4. The fourth-order valence-electron chi connectivity index (χ4n) is 1.74. The second kappa shape index (κ2) is 6.83. The zero-order valence-electron chi connectivity index (χ0n) is 9.63. The maximum Gasteiger partial charge on any atom is 0.312 e. The van der Waals surface area contributed by atoms with E-state index in [4.69, 9.17) is 10.2 Å². The third kappa shape index (κ3) is 4.80. The lowest BCUT2D eigenvalue weighted by Gasteiger charge is -2.15. The van der Waals surface area contributed by atoms with Crippen LogP contribution in [0.15, 0.2) is 17.3 Å². The molecule has 0 amide bonds. The van der Waals surface area contributed by atoms with E-state index in [1.54, 1.807) is 12.3 Å². The first-order valence-electron chi connectivity index (χ1n) is 5.80. The first-order chi connectivity index (χ1) is 8.11. The number of carboxylic acids is 2. The lowest BCUT2D eigenvalue weighted by atomic mass is 9.94. The minimum absolute atomic E-state index is 0.192. The van der Waals surface area contributed by atoms with Crippen LogP contribution in [0.4, 0.5) is 0 Å². The molecule has 17 heavy (non-hydrogen) atoms. The molecule has 0 radical (unpaired) electrons. The summed E-state index contributed by atoms with van der Waals surface area (Å²) in [5.74, 6) is -2.11. The Labute approximate surface area is 99.9 Å². The standard InChI is InChI=1S/C12H17NO4/c14-11(15)6-4-2-1-3-5-9(12(16)17)10-7-8-13-10/h7-9H,1-6H2,(H,14,15)(H,16,17). The number of carboxylic acid groups (broad SMARTS) is 2. The monoisotopic (exact) mass is 239 g/mol. The number of rotatable bonds is 9. The highest BCUT2D eigenvalue weighted by molar-refractivity contribution is 6.10. The smallest absolute Gasteiger partial charge is 0.312 e. The van der Waals surface area contributed by atoms with Gasteiger partial charge in [-0.2, -0.15) is 0 Å². The van der Waals surface area contributed by atoms with Crippen molar-refractivity contribution in [3.05, 3.63) is 12.3 Å². The minimum Gasteiger partial charge on any atom is -0.481 e. The number of aliphatic imine (C=N–C) groups is 1. The predicted molar refractivity (Wildman–Crippen MR) is 63.0 cm³/mol. The molecular formula is C12H17NO4. The van der Waals surface area contributed by atoms with Crippen molar-refractivity contribution in [2.45, 2.75) is 38.5 Å². The second-order valence-electron chi connectivity index (χ2n) is 4.11. The van der Waals surface area contributed by atoms with Gasteiger partial charge in [-0.1, -0.05) is 19.3 Å². The molecule has 2 N–H and O–H groups in total. The van der Waals surface area contributed by atoms with Crippen molar-refractivity contribution in [3.63, 3.8) is 0 Å². The Morgan fingerprint density at radius 1 is 1.18 bits per heavy atom. The summed E-state index contributed by atoms with van der Waals surface area (Å²) >= 11 is 0. The van der Waals surface area contributed by atoms with Crippen molar-refractivity contribution >= 4 is 17.7 Å². The summed E-state index contributed by atoms with van der Waals surface area (Å²) in [6.07, 6.45) is 7.25. The van der Waals surface area contributed by atoms with Gasteiger partial charge in [0.1, 0.15) is 0 Å². The van der Waals surface area contributed by atoms with Crippen LogP contribution in [-0.4, -0.2) is 27.9 Å². The fraction of sp³-hybridized carbons (Fsp3) is 0.583. The van der Waals surface area contributed by atoms with Crippen LogP contribution in [0.2, 0.25) is 0 Å². The number of unbranched alkanes of at least 4 members (excludes halogenated alkanes) is 3. The van der Waals surface area contributed by atoms with E-state index in [-0.39, 0.29) is 6.42 Å². The van der Waals surface area contributed by atoms with Gasteiger partial charge in [0.05, 0.1) is 11.6 Å². The van der Waals surface area contributed by atoms with Gasteiger partial charge in [-0.25, -0.2) is 0 Å². The molecule has 1 aliphatic rings. The van der Waals surface area contributed by atoms with Crippen LogP contribution >= 0.6 is 0 Å². The molecule has 94 valence electrons. The summed E-state index contributed by atoms with van der Waals surface area (Å²) in [6.45, 7) is 0. The topological polar surface area (TPSA) is 87.0 Å². The van der Waals surface area contributed by atoms with E-state index in [1.165, 1.54) is 0 Å². The predicted octanol–water partition coefficient (Wildman–Crippen LogP) is 2.08. The maximum absolute atomic E-state index is 11.0. The molecule has 5 nitrogen and oxygen atoms in total. The number of aliphatic carboxylic acids is 2. The van der Waals surface area contributed by atoms with Crippen molar-refractivity contribution < 1.29 is 19.8 Å². The Morgan fingerprint density at radius 2 is 1.82 bits per heavy atom. The number of carbonyl (C=O) groups is 2. The third-order valence-corrected chi connectivity index (χ3v) is 2.76. The van der Waals surface area contributed by atoms with Gasteiger partial charge < -0.3 is 10.2 Å². The molecule has 1 unspecified atom stereocenters. The van der Waals surface area contributed by atoms with E-state index in [0.717, 1.165) is 19.3 Å². The molecule has 0 saturated heterocycles. The zero-order valence-corrected chi connectivity index (χ0v) is 9.63. The fourth-order valence-corrected chi connectivity index (χ4v) is 1.74. The summed E-state index contributed by atoms with van der Waals surface area (Å²) in [5.41, 5.74) is 0.642. The van der Waals surface area contributed by atoms with Gasteiger partial charge >= 0.3 is 11.9 Å². The van der Waals surface area contributed by atoms with E-state index in [9.17, 15) is 9.59 Å². The highest BCUT2D eigenvalue weighted by Crippen LogP contribution is 2.17. The molecule has 0 saturated carbocycles. The normalized spacial score (nSPS) is 14.9. The zero-order chi connectivity index (χ0) is 12.7. The van der Waals surface area contributed by atoms with Crippen LogP contribution in [0.25, 0.3) is 0 Å². The molecular weight excluding hydrogens is 222 g/mol. The van der Waals surface area contributed by atoms with Crippen molar-refractivity contribution in [1.29, 1.82) is 0 Å². The quantitative estimate of drug-likeness (QED) is 0.603. The highest BCUT2D eigenvalue weighted by atomic mass is 16.4. The molecule has 0 aromatic carbocycles. The van der Waals surface area contributed by atoms with E-state index in [2.05, 4.69) is 4.99 Å². The van der Waals surface area contributed by atoms with Gasteiger partial charge in [-0.3, -0.25) is 14.6 Å². The van der Waals surface area contributed by atoms with Crippen LogP contribution in [0, 0.1) is 5.92 Å². The molecule has 1 aliphatic heterocycles. The van der Waals surface area contributed by atoms with Crippen molar-refractivity contribution in [3.8, 4) is 0 Å². The minimum atomic E-state index is -0.835. The van der Waals surface area contributed by atoms with Gasteiger partial charge in [0.2, 0.25) is 0 Å². The molecule has 0 aliphatic carbocycles. The van der Waals surface area contributed by atoms with Gasteiger partial charge in [0, 0.05) is 12.6 Å². The van der Waals surface area contributed by atoms with Crippen LogP contribution < -0.4 is 0 Å². The van der Waals surface area contributed by atoms with E-state index in [0.29, 0.717) is 18.6 Å². The second-order valence-corrected chi connectivity index (χ2v) is 4.11. The summed E-state index contributed by atoms with van der Waals surface area (Å²) in [6, 6.07) is 0. The molecule has 5 heteroatoms. The van der Waals surface area contributed by atoms with Crippen molar-refractivity contribution in [1.82, 2.24) is 0 Å². The average Bonchev–Trinajstić information content (AvgIpc) is 2.17. The van der Waals surface area contributed by atoms with E-state index in [1.807, 2.05) is 0 Å². The third-order valence-electron chi connectivity index (χ3n) is 2.76. The van der Waals surface area contributed by atoms with Crippen LogP contribution in [-0.2, 0) is 9.59 Å². The number of hydrogen-bond donors (Lipinski definition) is 2. The molecule has 1 heterocycles. The maximum atomic E-state index is 11.0. The Balaban J connectivity index is 2.11. The highest BCUT2D eigenvalue weighted by Gasteiger charge is 2.23. The SMILES string of the molecule is O=C(O)CCCCCCC(C(=O)O)C1=NC=C1. The van der Waals surface area contributed by atoms with Gasteiger partial charge in [-0.15, -0.1) is 0 Å². The van der Waals surface area contributed by atoms with Gasteiger partial charge in [0.15, 0.2) is 0 Å². The lowest BCUT2D eigenvalue weighted by molar-refractivity contribution is -0.139. The number of nitrogens with zero attached hydrogens (tertiary/aromatic N) is 1. The summed E-state index contributed by atoms with van der Waals surface area (Å²) in [7, 11) is 0. The van der Waals surface area contributed by atoms with E-state index < -0.39 is 17.9 Å². The van der Waals surface area contributed by atoms with Crippen LogP contribution in [0.1, 0.15) is 38.5 Å². The largest absolute Gasteiger partial charge is 0.481 e. The first-order valence-corrected chi connectivity index (χ1v) is 5.80. The summed E-state index contributed by atoms with van der Waals surface area (Å²) in [4.78, 5) is 25.1. The van der Waals surface area contributed by atoms with Crippen LogP contribution in [0.5, 0.6) is 0 Å². The molecule has 0 aromatic heterocycles. The number of hydrogen-bond acceptors (Lipinski definition) is 3. The average molecular weight is 239 g/mol.